The number of benzene rings is 2. The van der Waals surface area contributed by atoms with Crippen LogP contribution in [0.2, 0.25) is 0 Å². The van der Waals surface area contributed by atoms with Gasteiger partial charge in [-0.25, -0.2) is 14.4 Å². The molecule has 0 aliphatic rings. The van der Waals surface area contributed by atoms with Gasteiger partial charge in [-0.1, -0.05) is 54.6 Å². The predicted molar refractivity (Wildman–Crippen MR) is 201 cm³/mol. The van der Waals surface area contributed by atoms with Crippen LogP contribution in [0.15, 0.2) is 134 Å². The molecule has 0 saturated heterocycles. The number of nitrogens with one attached hydrogen (secondary N) is 4. The van der Waals surface area contributed by atoms with E-state index in [4.69, 9.17) is 4.98 Å². The fourth-order valence-electron chi connectivity index (χ4n) is 5.22. The van der Waals surface area contributed by atoms with Gasteiger partial charge in [-0.2, -0.15) is 19.2 Å². The molecule has 0 unspecified atom stereocenters. The van der Waals surface area contributed by atoms with Crippen molar-refractivity contribution in [1.82, 2.24) is 39.2 Å². The molecule has 0 radical (unpaired) electrons. The molecule has 6 heterocycles. The Hall–Kier alpha value is -5.93. The molecule has 0 amide bonds. The molecule has 0 saturated carbocycles. The van der Waals surface area contributed by atoms with Crippen molar-refractivity contribution < 1.29 is 4.39 Å². The summed E-state index contributed by atoms with van der Waals surface area (Å²) in [6.45, 7) is 0.936. The molecular weight excluding hydrogens is 783 g/mol. The second kappa shape index (κ2) is 14.9. The summed E-state index contributed by atoms with van der Waals surface area (Å²) in [4.78, 5) is 37.3. The second-order valence-corrected chi connectivity index (χ2v) is 12.9. The lowest BCUT2D eigenvalue weighted by molar-refractivity contribution is 0.630. The molecule has 8 rings (SSSR count). The summed E-state index contributed by atoms with van der Waals surface area (Å²) in [5.41, 5.74) is 5.51. The van der Waals surface area contributed by atoms with Gasteiger partial charge in [-0.05, 0) is 55.6 Å². The maximum atomic E-state index is 14.2. The Kier molecular flexibility index (Phi) is 9.81. The molecule has 0 bridgehead atoms. The molecule has 8 aromatic rings. The van der Waals surface area contributed by atoms with Crippen molar-refractivity contribution in [3.63, 3.8) is 0 Å². The summed E-state index contributed by atoms with van der Waals surface area (Å²) in [7, 11) is 0. The van der Waals surface area contributed by atoms with E-state index in [0.29, 0.717) is 40.3 Å². The lowest BCUT2D eigenvalue weighted by Crippen LogP contribution is -2.12. The first-order chi connectivity index (χ1) is 24.8. The molecule has 15 heteroatoms. The molecule has 0 fully saturated rings. The number of fused-ring (bicyclic) bond motifs is 2. The highest BCUT2D eigenvalue weighted by molar-refractivity contribution is 9.11. The summed E-state index contributed by atoms with van der Waals surface area (Å²) >= 11 is 6.92. The third-order valence-electron chi connectivity index (χ3n) is 7.69. The van der Waals surface area contributed by atoms with Gasteiger partial charge in [0.15, 0.2) is 11.3 Å². The van der Waals surface area contributed by atoms with E-state index in [-0.39, 0.29) is 16.9 Å². The monoisotopic (exact) mass is 808 g/mol. The third-order valence-corrected chi connectivity index (χ3v) is 8.81. The van der Waals surface area contributed by atoms with Gasteiger partial charge >= 0.3 is 0 Å². The number of rotatable bonds is 8. The van der Waals surface area contributed by atoms with Crippen LogP contribution in [0.25, 0.3) is 33.8 Å². The summed E-state index contributed by atoms with van der Waals surface area (Å²) < 4.78 is 19.1. The Balaban J connectivity index is 0.000000159. The number of halogens is 3. The zero-order valence-electron chi connectivity index (χ0n) is 26.5. The predicted octanol–water partition coefficient (Wildman–Crippen LogP) is 7.06. The fraction of sp³-hybridized carbons (Fsp3) is 0.0556. The van der Waals surface area contributed by atoms with E-state index in [2.05, 4.69) is 67.6 Å². The van der Waals surface area contributed by atoms with Crippen LogP contribution in [0.3, 0.4) is 0 Å². The zero-order chi connectivity index (χ0) is 35.3. The van der Waals surface area contributed by atoms with E-state index < -0.39 is 0 Å². The van der Waals surface area contributed by atoms with Gasteiger partial charge in [-0.3, -0.25) is 9.59 Å². The van der Waals surface area contributed by atoms with E-state index in [1.165, 1.54) is 18.2 Å². The number of nitrogens with zero attached hydrogens (tertiary/aromatic N) is 6. The number of aromatic amines is 2. The molecule has 6 aromatic heterocycles. The largest absolute Gasteiger partial charge is 0.366 e. The van der Waals surface area contributed by atoms with E-state index in [0.717, 1.165) is 38.5 Å². The molecule has 0 spiro atoms. The van der Waals surface area contributed by atoms with Crippen LogP contribution in [-0.2, 0) is 13.1 Å². The maximum Gasteiger partial charge on any atom is 0.248 e. The van der Waals surface area contributed by atoms with Crippen LogP contribution >= 0.6 is 31.9 Å². The van der Waals surface area contributed by atoms with Crippen molar-refractivity contribution in [2.45, 2.75) is 13.1 Å². The lowest BCUT2D eigenvalue weighted by atomic mass is 10.1. The van der Waals surface area contributed by atoms with Gasteiger partial charge in [0.25, 0.3) is 0 Å². The quantitative estimate of drug-likeness (QED) is 0.128. The standard InChI is InChI=1S/C18H13BrFN5O.C18H14BrN5O/c19-13-10-23-25-16(21-8-11-5-6-17(26)22-9-11)7-15(24-18(13)25)12-3-1-2-4-14(12)20;19-14-11-21-24-16(20-10-13-7-4-8-17(25)22-13)9-15(23-18(14)24)12-5-2-1-3-6-12/h1-7,9-10,21H,8H2,(H,22,26);1-9,11,20H,10H2,(H,22,25). The topological polar surface area (TPSA) is 150 Å². The average molecular weight is 810 g/mol. The molecule has 254 valence electrons. The number of pyridine rings is 2. The van der Waals surface area contributed by atoms with Crippen molar-refractivity contribution in [1.29, 1.82) is 0 Å². The number of anilines is 2. The van der Waals surface area contributed by atoms with Gasteiger partial charge in [0, 0.05) is 53.8 Å². The fourth-order valence-corrected chi connectivity index (χ4v) is 5.91. The smallest absolute Gasteiger partial charge is 0.248 e. The Labute approximate surface area is 305 Å². The molecule has 0 aliphatic carbocycles. The highest BCUT2D eigenvalue weighted by Crippen LogP contribution is 2.28. The maximum absolute atomic E-state index is 14.2. The Bertz CT molecular complexity index is 2580. The van der Waals surface area contributed by atoms with E-state index in [1.54, 1.807) is 64.0 Å². The minimum atomic E-state index is -0.341. The van der Waals surface area contributed by atoms with Crippen LogP contribution in [0.4, 0.5) is 16.0 Å². The SMILES string of the molecule is O=c1ccc(CNc2cc(-c3ccccc3F)nc3c(Br)cnn23)c[nH]1.O=c1cccc(CNc2cc(-c3ccccc3)nc3c(Br)cnn23)[nH]1. The first kappa shape index (κ1) is 33.6. The highest BCUT2D eigenvalue weighted by Gasteiger charge is 2.14. The van der Waals surface area contributed by atoms with Crippen LogP contribution in [0.5, 0.6) is 0 Å². The summed E-state index contributed by atoms with van der Waals surface area (Å²) in [6.07, 6.45) is 5.00. The lowest BCUT2D eigenvalue weighted by Gasteiger charge is -2.11. The molecule has 0 atom stereocenters. The van der Waals surface area contributed by atoms with Gasteiger partial charge in [0.2, 0.25) is 11.1 Å². The Morgan fingerprint density at radius 1 is 0.686 bits per heavy atom. The first-order valence-electron chi connectivity index (χ1n) is 15.5. The van der Waals surface area contributed by atoms with Crippen LogP contribution in [-0.4, -0.2) is 39.2 Å². The van der Waals surface area contributed by atoms with Crippen LogP contribution < -0.4 is 21.8 Å². The van der Waals surface area contributed by atoms with Crippen molar-refractivity contribution in [3.05, 3.63) is 162 Å². The molecule has 0 aliphatic heterocycles. The van der Waals surface area contributed by atoms with Gasteiger partial charge < -0.3 is 20.6 Å². The highest BCUT2D eigenvalue weighted by atomic mass is 79.9. The van der Waals surface area contributed by atoms with Crippen LogP contribution in [0.1, 0.15) is 11.3 Å². The van der Waals surface area contributed by atoms with Gasteiger partial charge in [-0.15, -0.1) is 0 Å². The van der Waals surface area contributed by atoms with E-state index in [9.17, 15) is 14.0 Å². The minimum Gasteiger partial charge on any atom is -0.366 e. The summed E-state index contributed by atoms with van der Waals surface area (Å²) in [5.74, 6) is 1.11. The Morgan fingerprint density at radius 3 is 2.00 bits per heavy atom. The van der Waals surface area contributed by atoms with Crippen molar-refractivity contribution in [2.24, 2.45) is 0 Å². The number of hydrogen-bond donors (Lipinski definition) is 4. The van der Waals surface area contributed by atoms with E-state index in [1.807, 2.05) is 42.5 Å². The van der Waals surface area contributed by atoms with Crippen molar-refractivity contribution in [2.75, 3.05) is 10.6 Å². The minimum absolute atomic E-state index is 0.119. The zero-order valence-corrected chi connectivity index (χ0v) is 29.7. The molecule has 51 heavy (non-hydrogen) atoms. The number of hydrogen-bond acceptors (Lipinski definition) is 8. The summed E-state index contributed by atoms with van der Waals surface area (Å²) in [5, 5.41) is 15.2. The normalized spacial score (nSPS) is 11.0. The third kappa shape index (κ3) is 7.64. The van der Waals surface area contributed by atoms with Gasteiger partial charge in [0.1, 0.15) is 17.5 Å². The van der Waals surface area contributed by atoms with Crippen molar-refractivity contribution in [3.8, 4) is 22.5 Å². The Morgan fingerprint density at radius 2 is 1.33 bits per heavy atom. The average Bonchev–Trinajstić information content (AvgIpc) is 3.72. The van der Waals surface area contributed by atoms with Crippen molar-refractivity contribution >= 4 is 54.8 Å². The first-order valence-corrected chi connectivity index (χ1v) is 17.1. The second-order valence-electron chi connectivity index (χ2n) is 11.2. The molecule has 12 nitrogen and oxygen atoms in total. The number of H-pyrrole nitrogens is 2. The summed E-state index contributed by atoms with van der Waals surface area (Å²) in [6, 6.07) is 28.4. The number of aromatic nitrogens is 8. The molecule has 2 aromatic carbocycles. The molecule has 4 N–H and O–H groups in total. The van der Waals surface area contributed by atoms with E-state index >= 15 is 0 Å². The molecular formula is C36H27Br2FN10O2. The van der Waals surface area contributed by atoms with Gasteiger partial charge in [0.05, 0.1) is 39.3 Å². The van der Waals surface area contributed by atoms with Crippen LogP contribution in [0, 0.1) is 5.82 Å².